The van der Waals surface area contributed by atoms with Gasteiger partial charge in [0.1, 0.15) is 11.8 Å². The van der Waals surface area contributed by atoms with Crippen molar-refractivity contribution in [2.45, 2.75) is 124 Å². The molecule has 5 rings (SSSR count). The number of ether oxygens (including phenoxy) is 2. The molecule has 1 amide bonds. The molecule has 6 nitrogen and oxygen atoms in total. The number of hydrogen-bond acceptors (Lipinski definition) is 5. The van der Waals surface area contributed by atoms with Crippen LogP contribution < -0.4 is 5.32 Å². The second kappa shape index (κ2) is 10.8. The van der Waals surface area contributed by atoms with Crippen LogP contribution in [0.3, 0.4) is 0 Å². The van der Waals surface area contributed by atoms with E-state index in [4.69, 9.17) is 9.47 Å². The summed E-state index contributed by atoms with van der Waals surface area (Å²) in [7, 11) is 1.37. The number of carbonyl (C=O) groups excluding carboxylic acids is 3. The summed E-state index contributed by atoms with van der Waals surface area (Å²) in [5.74, 6) is 3.82. The molecule has 0 aromatic carbocycles. The molecule has 4 saturated carbocycles. The first-order valence-corrected chi connectivity index (χ1v) is 16.0. The predicted molar refractivity (Wildman–Crippen MR) is 151 cm³/mol. The van der Waals surface area contributed by atoms with Crippen LogP contribution in [0.25, 0.3) is 0 Å². The number of nitrogens with one attached hydrogen (secondary N) is 1. The number of Topliss-reactive ketones (excluding diaryl/α,β-unsaturated/α-hetero) is 1. The molecule has 1 saturated heterocycles. The van der Waals surface area contributed by atoms with E-state index in [1.807, 2.05) is 20.8 Å². The lowest BCUT2D eigenvalue weighted by molar-refractivity contribution is -0.147. The summed E-state index contributed by atoms with van der Waals surface area (Å²) in [6, 6.07) is -0.607. The second-order valence-electron chi connectivity index (χ2n) is 15.0. The van der Waals surface area contributed by atoms with Crippen LogP contribution in [-0.4, -0.2) is 43.0 Å². The van der Waals surface area contributed by atoms with E-state index < -0.39 is 6.04 Å². The second-order valence-corrected chi connectivity index (χ2v) is 15.0. The predicted octanol–water partition coefficient (Wildman–Crippen LogP) is 5.96. The summed E-state index contributed by atoms with van der Waals surface area (Å²) >= 11 is 0. The molecule has 39 heavy (non-hydrogen) atoms. The maximum atomic E-state index is 12.9. The Morgan fingerprint density at radius 1 is 1.08 bits per heavy atom. The normalized spacial score (nSPS) is 44.6. The maximum absolute atomic E-state index is 12.9. The molecule has 220 valence electrons. The molecule has 1 N–H and O–H groups in total. The van der Waals surface area contributed by atoms with Crippen LogP contribution in [0.2, 0.25) is 0 Å². The quantitative estimate of drug-likeness (QED) is 0.401. The number of amides is 1. The zero-order valence-corrected chi connectivity index (χ0v) is 25.5. The largest absolute Gasteiger partial charge is 0.467 e. The van der Waals surface area contributed by atoms with E-state index in [2.05, 4.69) is 26.1 Å². The average Bonchev–Trinajstić information content (AvgIpc) is 3.38. The topological polar surface area (TPSA) is 81.7 Å². The van der Waals surface area contributed by atoms with Crippen molar-refractivity contribution in [3.63, 3.8) is 0 Å². The molecular weight excluding hydrogens is 490 g/mol. The highest BCUT2D eigenvalue weighted by Crippen LogP contribution is 2.69. The van der Waals surface area contributed by atoms with E-state index in [1.165, 1.54) is 39.2 Å². The van der Waals surface area contributed by atoms with Gasteiger partial charge in [-0.2, -0.15) is 0 Å². The molecule has 6 heteroatoms. The van der Waals surface area contributed by atoms with Crippen molar-refractivity contribution in [2.24, 2.45) is 58.2 Å². The van der Waals surface area contributed by atoms with E-state index in [-0.39, 0.29) is 29.8 Å². The summed E-state index contributed by atoms with van der Waals surface area (Å²) < 4.78 is 11.7. The molecular formula is C33H53NO5. The van der Waals surface area contributed by atoms with Gasteiger partial charge < -0.3 is 14.8 Å². The van der Waals surface area contributed by atoms with Gasteiger partial charge in [-0.25, -0.2) is 4.79 Å². The third kappa shape index (κ3) is 4.89. The van der Waals surface area contributed by atoms with Crippen LogP contribution in [0.15, 0.2) is 0 Å². The van der Waals surface area contributed by atoms with Gasteiger partial charge in [0.15, 0.2) is 0 Å². The van der Waals surface area contributed by atoms with Gasteiger partial charge in [-0.15, -0.1) is 0 Å². The van der Waals surface area contributed by atoms with Gasteiger partial charge in [0.25, 0.3) is 0 Å². The number of hydrogen-bond donors (Lipinski definition) is 1. The summed E-state index contributed by atoms with van der Waals surface area (Å²) in [6.45, 7) is 13.3. The number of esters is 1. The SMILES string of the molecule is COC(=O)C(NC(=O)[C@@H](C)CC[C@H]1O[C@H]2C[C@H]3[C@@H]4CC[C@@H]5CC(=O)CC[C@]5(C)[C@H]4CC[C@]3(C)[C@H]2[C@@H]1C)C(C)C. The molecule has 1 heterocycles. The van der Waals surface area contributed by atoms with Crippen molar-refractivity contribution in [3.8, 4) is 0 Å². The molecule has 5 aliphatic rings. The number of rotatable bonds is 7. The zero-order valence-electron chi connectivity index (χ0n) is 25.5. The van der Waals surface area contributed by atoms with E-state index in [9.17, 15) is 14.4 Å². The minimum atomic E-state index is -0.607. The number of carbonyl (C=O) groups is 3. The molecule has 12 atom stereocenters. The smallest absolute Gasteiger partial charge is 0.328 e. The Labute approximate surface area is 236 Å². The van der Waals surface area contributed by atoms with Gasteiger partial charge in [-0.1, -0.05) is 41.5 Å². The fourth-order valence-corrected chi connectivity index (χ4v) is 10.5. The van der Waals surface area contributed by atoms with Crippen LogP contribution in [0, 0.1) is 58.2 Å². The van der Waals surface area contributed by atoms with Crippen molar-refractivity contribution in [1.82, 2.24) is 5.32 Å². The van der Waals surface area contributed by atoms with E-state index in [0.29, 0.717) is 40.5 Å². The number of methoxy groups -OCH3 is 1. The Kier molecular flexibility index (Phi) is 8.02. The lowest BCUT2D eigenvalue weighted by Gasteiger charge is -2.60. The first-order valence-electron chi connectivity index (χ1n) is 16.0. The lowest BCUT2D eigenvalue weighted by atomic mass is 9.44. The Morgan fingerprint density at radius 2 is 1.82 bits per heavy atom. The van der Waals surface area contributed by atoms with Crippen LogP contribution in [0.4, 0.5) is 0 Å². The van der Waals surface area contributed by atoms with E-state index in [1.54, 1.807) is 0 Å². The van der Waals surface area contributed by atoms with Crippen molar-refractivity contribution in [2.75, 3.05) is 7.11 Å². The molecule has 0 aromatic heterocycles. The van der Waals surface area contributed by atoms with Crippen molar-refractivity contribution in [1.29, 1.82) is 0 Å². The summed E-state index contributed by atoms with van der Waals surface area (Å²) in [4.78, 5) is 37.2. The third-order valence-corrected chi connectivity index (χ3v) is 12.8. The molecule has 4 aliphatic carbocycles. The van der Waals surface area contributed by atoms with Gasteiger partial charge in [0.05, 0.1) is 19.3 Å². The highest BCUT2D eigenvalue weighted by molar-refractivity contribution is 5.85. The third-order valence-electron chi connectivity index (χ3n) is 12.8. The van der Waals surface area contributed by atoms with Crippen molar-refractivity contribution < 1.29 is 23.9 Å². The zero-order chi connectivity index (χ0) is 28.3. The first kappa shape index (κ1) is 29.1. The van der Waals surface area contributed by atoms with Gasteiger partial charge >= 0.3 is 5.97 Å². The summed E-state index contributed by atoms with van der Waals surface area (Å²) in [6.07, 6.45) is 11.2. The lowest BCUT2D eigenvalue weighted by Crippen LogP contribution is -2.54. The van der Waals surface area contributed by atoms with Crippen LogP contribution in [0.5, 0.6) is 0 Å². The molecule has 0 radical (unpaired) electrons. The van der Waals surface area contributed by atoms with E-state index >= 15 is 0 Å². The standard InChI is InChI=1S/C33H53NO5/c1-18(2)29(31(37)38-7)34-30(36)19(3)8-11-26-20(4)28-27(39-26)17-25-23-10-9-21-16-22(35)12-14-32(21,5)24(23)13-15-33(25,28)6/h18-21,23-29H,8-17H2,1-7H3,(H,34,36)/t19-,20+,21+,23+,24-,25-,26+,27-,28-,29?,32-,33-/m0/s1. The monoisotopic (exact) mass is 543 g/mol. The molecule has 0 bridgehead atoms. The molecule has 1 unspecified atom stereocenters. The molecule has 5 fully saturated rings. The Bertz CT molecular complexity index is 964. The van der Waals surface area contributed by atoms with Gasteiger partial charge in [-0.3, -0.25) is 9.59 Å². The highest BCUT2D eigenvalue weighted by atomic mass is 16.5. The van der Waals surface area contributed by atoms with E-state index in [0.717, 1.165) is 49.9 Å². The Morgan fingerprint density at radius 3 is 2.51 bits per heavy atom. The van der Waals surface area contributed by atoms with Gasteiger partial charge in [0.2, 0.25) is 5.91 Å². The van der Waals surface area contributed by atoms with Gasteiger partial charge in [0, 0.05) is 18.8 Å². The summed E-state index contributed by atoms with van der Waals surface area (Å²) in [5, 5.41) is 2.92. The number of ketones is 1. The first-order chi connectivity index (χ1) is 18.4. The average molecular weight is 544 g/mol. The summed E-state index contributed by atoms with van der Waals surface area (Å²) in [5.41, 5.74) is 0.686. The Hall–Kier alpha value is -1.43. The van der Waals surface area contributed by atoms with Crippen LogP contribution in [0.1, 0.15) is 106 Å². The Balaban J connectivity index is 1.20. The highest BCUT2D eigenvalue weighted by Gasteiger charge is 2.65. The van der Waals surface area contributed by atoms with Crippen molar-refractivity contribution >= 4 is 17.7 Å². The maximum Gasteiger partial charge on any atom is 0.328 e. The minimum absolute atomic E-state index is 0.0202. The fraction of sp³-hybridized carbons (Fsp3) is 0.909. The number of fused-ring (bicyclic) bond motifs is 7. The van der Waals surface area contributed by atoms with Crippen molar-refractivity contribution in [3.05, 3.63) is 0 Å². The fourth-order valence-electron chi connectivity index (χ4n) is 10.5. The molecule has 0 spiro atoms. The minimum Gasteiger partial charge on any atom is -0.467 e. The molecule has 0 aromatic rings. The van der Waals surface area contributed by atoms with Crippen LogP contribution >= 0.6 is 0 Å². The van der Waals surface area contributed by atoms with Gasteiger partial charge in [-0.05, 0) is 104 Å². The molecule has 1 aliphatic heterocycles. The van der Waals surface area contributed by atoms with Crippen LogP contribution in [-0.2, 0) is 23.9 Å².